The van der Waals surface area contributed by atoms with Gasteiger partial charge in [-0.3, -0.25) is 0 Å². The van der Waals surface area contributed by atoms with Crippen LogP contribution < -0.4 is 5.32 Å². The predicted molar refractivity (Wildman–Crippen MR) is 80.7 cm³/mol. The standard InChI is InChI=1S/C17H23N/c1-3-5-9-16(4-2)12-14-18-15-13-17-10-7-6-8-11-17/h3-11,18H,2,12-15H2,1H3/b5-3-,16-9+. The van der Waals surface area contributed by atoms with Crippen LogP contribution in [-0.2, 0) is 6.42 Å². The van der Waals surface area contributed by atoms with Crippen LogP contribution in [0.4, 0.5) is 0 Å². The van der Waals surface area contributed by atoms with Crippen LogP contribution in [0.25, 0.3) is 0 Å². The second-order valence-electron chi connectivity index (χ2n) is 4.21. The Kier molecular flexibility index (Phi) is 7.58. The molecule has 0 saturated heterocycles. The molecular formula is C17H23N. The largest absolute Gasteiger partial charge is 0.316 e. The second-order valence-corrected chi connectivity index (χ2v) is 4.21. The van der Waals surface area contributed by atoms with Gasteiger partial charge in [0.15, 0.2) is 0 Å². The van der Waals surface area contributed by atoms with Gasteiger partial charge in [-0.1, -0.05) is 61.2 Å². The Morgan fingerprint density at radius 3 is 2.67 bits per heavy atom. The van der Waals surface area contributed by atoms with Crippen molar-refractivity contribution in [2.75, 3.05) is 13.1 Å². The summed E-state index contributed by atoms with van der Waals surface area (Å²) in [5.74, 6) is 0. The van der Waals surface area contributed by atoms with E-state index in [9.17, 15) is 0 Å². The van der Waals surface area contributed by atoms with E-state index in [0.29, 0.717) is 0 Å². The van der Waals surface area contributed by atoms with E-state index >= 15 is 0 Å². The normalized spacial score (nSPS) is 11.9. The van der Waals surface area contributed by atoms with E-state index in [1.54, 1.807) is 0 Å². The highest BCUT2D eigenvalue weighted by Crippen LogP contribution is 2.02. The molecule has 1 aromatic carbocycles. The Balaban J connectivity index is 2.17. The molecule has 1 heteroatoms. The van der Waals surface area contributed by atoms with Crippen molar-refractivity contribution in [1.29, 1.82) is 0 Å². The average molecular weight is 241 g/mol. The second kappa shape index (κ2) is 9.43. The quantitative estimate of drug-likeness (QED) is 0.537. The Morgan fingerprint density at radius 1 is 1.22 bits per heavy atom. The highest BCUT2D eigenvalue weighted by Gasteiger charge is 1.93. The van der Waals surface area contributed by atoms with Gasteiger partial charge in [-0.15, -0.1) is 0 Å². The number of allylic oxidation sites excluding steroid dienone is 4. The van der Waals surface area contributed by atoms with Gasteiger partial charge in [-0.05, 0) is 44.0 Å². The first-order chi connectivity index (χ1) is 8.86. The third kappa shape index (κ3) is 6.21. The minimum atomic E-state index is 1.00. The molecule has 0 aliphatic carbocycles. The number of benzene rings is 1. The van der Waals surface area contributed by atoms with E-state index in [-0.39, 0.29) is 0 Å². The lowest BCUT2D eigenvalue weighted by molar-refractivity contribution is 0.683. The Bertz CT molecular complexity index is 387. The molecule has 1 N–H and O–H groups in total. The maximum absolute atomic E-state index is 3.83. The van der Waals surface area contributed by atoms with Gasteiger partial charge >= 0.3 is 0 Å². The van der Waals surface area contributed by atoms with Gasteiger partial charge in [0.05, 0.1) is 0 Å². The monoisotopic (exact) mass is 241 g/mol. The lowest BCUT2D eigenvalue weighted by atomic mass is 10.1. The van der Waals surface area contributed by atoms with E-state index < -0.39 is 0 Å². The molecule has 1 nitrogen and oxygen atoms in total. The van der Waals surface area contributed by atoms with Crippen LogP contribution in [0.15, 0.2) is 66.8 Å². The summed E-state index contributed by atoms with van der Waals surface area (Å²) in [7, 11) is 0. The minimum absolute atomic E-state index is 1.00. The fourth-order valence-corrected chi connectivity index (χ4v) is 1.71. The molecule has 96 valence electrons. The Hall–Kier alpha value is -1.60. The van der Waals surface area contributed by atoms with Crippen LogP contribution >= 0.6 is 0 Å². The first-order valence-corrected chi connectivity index (χ1v) is 6.55. The lowest BCUT2D eigenvalue weighted by Gasteiger charge is -2.05. The van der Waals surface area contributed by atoms with Crippen molar-refractivity contribution in [2.45, 2.75) is 19.8 Å². The highest BCUT2D eigenvalue weighted by molar-refractivity contribution is 5.22. The Labute approximate surface area is 111 Å². The molecule has 0 heterocycles. The van der Waals surface area contributed by atoms with Crippen molar-refractivity contribution in [3.8, 4) is 0 Å². The predicted octanol–water partition coefficient (Wildman–Crippen LogP) is 3.90. The third-order valence-corrected chi connectivity index (χ3v) is 2.79. The van der Waals surface area contributed by atoms with Crippen molar-refractivity contribution in [3.63, 3.8) is 0 Å². The van der Waals surface area contributed by atoms with Crippen molar-refractivity contribution >= 4 is 0 Å². The SMILES string of the molecule is C=C/C(=C\C=C/C)CCNCCc1ccccc1. The molecule has 1 rings (SSSR count). The van der Waals surface area contributed by atoms with Gasteiger partial charge in [0.2, 0.25) is 0 Å². The highest BCUT2D eigenvalue weighted by atomic mass is 14.8. The lowest BCUT2D eigenvalue weighted by Crippen LogP contribution is -2.18. The van der Waals surface area contributed by atoms with Crippen LogP contribution in [0.1, 0.15) is 18.9 Å². The zero-order valence-electron chi connectivity index (χ0n) is 11.2. The van der Waals surface area contributed by atoms with Gasteiger partial charge in [-0.25, -0.2) is 0 Å². The molecule has 0 radical (unpaired) electrons. The molecule has 0 fully saturated rings. The number of hydrogen-bond acceptors (Lipinski definition) is 1. The maximum atomic E-state index is 3.83. The summed E-state index contributed by atoms with van der Waals surface area (Å²) in [6.45, 7) is 7.88. The Morgan fingerprint density at radius 2 is 2.00 bits per heavy atom. The molecule has 0 aliphatic rings. The summed E-state index contributed by atoms with van der Waals surface area (Å²) in [4.78, 5) is 0. The fraction of sp³-hybridized carbons (Fsp3) is 0.294. The van der Waals surface area contributed by atoms with Crippen LogP contribution in [0, 0.1) is 0 Å². The summed E-state index contributed by atoms with van der Waals surface area (Å²) < 4.78 is 0. The molecule has 0 unspecified atom stereocenters. The fourth-order valence-electron chi connectivity index (χ4n) is 1.71. The van der Waals surface area contributed by atoms with E-state index in [1.807, 2.05) is 19.1 Å². The van der Waals surface area contributed by atoms with E-state index in [0.717, 1.165) is 25.9 Å². The van der Waals surface area contributed by atoms with E-state index in [4.69, 9.17) is 0 Å². The molecule has 0 bridgehead atoms. The first-order valence-electron chi connectivity index (χ1n) is 6.55. The van der Waals surface area contributed by atoms with E-state index in [1.165, 1.54) is 11.1 Å². The van der Waals surface area contributed by atoms with Crippen LogP contribution in [0.3, 0.4) is 0 Å². The minimum Gasteiger partial charge on any atom is -0.316 e. The molecule has 0 atom stereocenters. The van der Waals surface area contributed by atoms with Gasteiger partial charge in [-0.2, -0.15) is 0 Å². The van der Waals surface area contributed by atoms with Crippen LogP contribution in [-0.4, -0.2) is 13.1 Å². The third-order valence-electron chi connectivity index (χ3n) is 2.79. The topological polar surface area (TPSA) is 12.0 Å². The molecule has 0 aromatic heterocycles. The molecule has 0 aliphatic heterocycles. The summed E-state index contributed by atoms with van der Waals surface area (Å²) >= 11 is 0. The van der Waals surface area contributed by atoms with Gasteiger partial charge < -0.3 is 5.32 Å². The van der Waals surface area contributed by atoms with Crippen molar-refractivity contribution in [3.05, 3.63) is 72.4 Å². The number of hydrogen-bond donors (Lipinski definition) is 1. The number of rotatable bonds is 8. The summed E-state index contributed by atoms with van der Waals surface area (Å²) in [5.41, 5.74) is 2.67. The van der Waals surface area contributed by atoms with Crippen LogP contribution in [0.2, 0.25) is 0 Å². The molecule has 0 spiro atoms. The first kappa shape index (κ1) is 14.5. The average Bonchev–Trinajstić information content (AvgIpc) is 2.43. The summed E-state index contributed by atoms with van der Waals surface area (Å²) in [6, 6.07) is 10.6. The zero-order valence-corrected chi connectivity index (χ0v) is 11.2. The van der Waals surface area contributed by atoms with Crippen molar-refractivity contribution in [2.24, 2.45) is 0 Å². The summed E-state index contributed by atoms with van der Waals surface area (Å²) in [5, 5.41) is 3.46. The van der Waals surface area contributed by atoms with Gasteiger partial charge in [0.1, 0.15) is 0 Å². The number of nitrogens with one attached hydrogen (secondary N) is 1. The van der Waals surface area contributed by atoms with Gasteiger partial charge in [0.25, 0.3) is 0 Å². The maximum Gasteiger partial charge on any atom is -0.000822 e. The van der Waals surface area contributed by atoms with Crippen molar-refractivity contribution < 1.29 is 0 Å². The smallest absolute Gasteiger partial charge is 0.000822 e. The molecule has 0 saturated carbocycles. The molecule has 1 aromatic rings. The molecule has 18 heavy (non-hydrogen) atoms. The molecular weight excluding hydrogens is 218 g/mol. The molecule has 0 amide bonds. The van der Waals surface area contributed by atoms with Crippen molar-refractivity contribution in [1.82, 2.24) is 5.32 Å². The summed E-state index contributed by atoms with van der Waals surface area (Å²) in [6.07, 6.45) is 10.3. The van der Waals surface area contributed by atoms with Gasteiger partial charge in [0, 0.05) is 0 Å². The van der Waals surface area contributed by atoms with E-state index in [2.05, 4.69) is 54.4 Å². The zero-order chi connectivity index (χ0) is 13.1. The van der Waals surface area contributed by atoms with Crippen LogP contribution in [0.5, 0.6) is 0 Å².